The molecule has 7 nitrogen and oxygen atoms in total. The Balaban J connectivity index is 2.48. The Morgan fingerprint density at radius 1 is 1.17 bits per heavy atom. The predicted molar refractivity (Wildman–Crippen MR) is 93.6 cm³/mol. The minimum absolute atomic E-state index is 0.191. The van der Waals surface area contributed by atoms with E-state index in [0.717, 1.165) is 0 Å². The van der Waals surface area contributed by atoms with Crippen molar-refractivity contribution in [1.29, 1.82) is 0 Å². The zero-order valence-corrected chi connectivity index (χ0v) is 14.8. The molecule has 0 saturated carbocycles. The van der Waals surface area contributed by atoms with Crippen LogP contribution in [0.15, 0.2) is 34.8 Å². The lowest BCUT2D eigenvalue weighted by Crippen LogP contribution is -2.01. The van der Waals surface area contributed by atoms with E-state index in [1.54, 1.807) is 12.1 Å². The van der Waals surface area contributed by atoms with Gasteiger partial charge in [-0.25, -0.2) is 0 Å². The van der Waals surface area contributed by atoms with E-state index in [9.17, 15) is 14.9 Å². The van der Waals surface area contributed by atoms with Gasteiger partial charge in [0.25, 0.3) is 5.69 Å². The summed E-state index contributed by atoms with van der Waals surface area (Å²) in [5, 5.41) is 14.2. The molecule has 0 atom stereocenters. The maximum absolute atomic E-state index is 11.4. The number of ether oxygens (including phenoxy) is 2. The first-order chi connectivity index (χ1) is 11.4. The first kappa shape index (κ1) is 17.7. The Kier molecular flexibility index (Phi) is 5.40. The number of nitro groups is 1. The highest BCUT2D eigenvalue weighted by atomic mass is 79.9. The van der Waals surface area contributed by atoms with Crippen molar-refractivity contribution in [3.05, 3.63) is 50.5 Å². The number of carbonyl (C=O) groups excluding carboxylic acids is 1. The first-order valence-corrected chi connectivity index (χ1v) is 7.64. The summed E-state index contributed by atoms with van der Waals surface area (Å²) in [6, 6.07) is 7.63. The lowest BCUT2D eigenvalue weighted by molar-refractivity contribution is -0.383. The van der Waals surface area contributed by atoms with E-state index in [0.29, 0.717) is 21.7 Å². The third-order valence-electron chi connectivity index (χ3n) is 3.33. The van der Waals surface area contributed by atoms with Crippen LogP contribution in [0.2, 0.25) is 0 Å². The number of methoxy groups -OCH3 is 2. The predicted octanol–water partition coefficient (Wildman–Crippen LogP) is 4.32. The number of nitro benzene ring substituents is 1. The lowest BCUT2D eigenvalue weighted by atomic mass is 10.1. The van der Waals surface area contributed by atoms with Crippen LogP contribution in [-0.4, -0.2) is 24.9 Å². The van der Waals surface area contributed by atoms with Gasteiger partial charge in [-0.3, -0.25) is 14.9 Å². The molecule has 0 amide bonds. The van der Waals surface area contributed by atoms with Crippen molar-refractivity contribution >= 4 is 38.8 Å². The molecule has 8 heteroatoms. The van der Waals surface area contributed by atoms with Gasteiger partial charge in [-0.05, 0) is 35.0 Å². The zero-order chi connectivity index (χ0) is 17.9. The van der Waals surface area contributed by atoms with Gasteiger partial charge in [0.05, 0.1) is 19.1 Å². The molecule has 24 heavy (non-hydrogen) atoms. The summed E-state index contributed by atoms with van der Waals surface area (Å²) in [4.78, 5) is 22.2. The molecule has 2 aromatic carbocycles. The topological polar surface area (TPSA) is 90.7 Å². The van der Waals surface area contributed by atoms with E-state index in [1.807, 2.05) is 0 Å². The van der Waals surface area contributed by atoms with Crippen LogP contribution in [0.25, 0.3) is 0 Å². The molecule has 0 bridgehead atoms. The van der Waals surface area contributed by atoms with Crippen LogP contribution in [0.4, 0.5) is 17.1 Å². The molecule has 0 aliphatic carbocycles. The molecular formula is C16H15BrN2O5. The van der Waals surface area contributed by atoms with Crippen LogP contribution in [0.1, 0.15) is 17.3 Å². The monoisotopic (exact) mass is 394 g/mol. The number of Topliss-reactive ketones (excluding diaryl/α,β-unsaturated/α-hetero) is 1. The number of halogens is 1. The highest BCUT2D eigenvalue weighted by Gasteiger charge is 2.18. The molecule has 2 aromatic rings. The van der Waals surface area contributed by atoms with Crippen molar-refractivity contribution in [3.8, 4) is 11.5 Å². The number of rotatable bonds is 6. The summed E-state index contributed by atoms with van der Waals surface area (Å²) in [6.07, 6.45) is 0. The second-order valence-electron chi connectivity index (χ2n) is 4.86. The van der Waals surface area contributed by atoms with Crippen molar-refractivity contribution in [2.45, 2.75) is 6.92 Å². The first-order valence-electron chi connectivity index (χ1n) is 6.85. The average molecular weight is 395 g/mol. The van der Waals surface area contributed by atoms with Crippen LogP contribution in [0.3, 0.4) is 0 Å². The van der Waals surface area contributed by atoms with E-state index in [2.05, 4.69) is 21.2 Å². The minimum Gasteiger partial charge on any atom is -0.495 e. The summed E-state index contributed by atoms with van der Waals surface area (Å²) in [6.45, 7) is 1.36. The number of nitrogens with one attached hydrogen (secondary N) is 1. The Hall–Kier alpha value is -2.61. The van der Waals surface area contributed by atoms with Gasteiger partial charge in [-0.1, -0.05) is 0 Å². The molecule has 0 saturated heterocycles. The van der Waals surface area contributed by atoms with Gasteiger partial charge >= 0.3 is 0 Å². The van der Waals surface area contributed by atoms with Gasteiger partial charge in [-0.2, -0.15) is 0 Å². The summed E-state index contributed by atoms with van der Waals surface area (Å²) < 4.78 is 11.1. The molecule has 126 valence electrons. The fourth-order valence-corrected chi connectivity index (χ4v) is 2.66. The number of hydrogen-bond acceptors (Lipinski definition) is 6. The molecule has 1 N–H and O–H groups in total. The van der Waals surface area contributed by atoms with Crippen molar-refractivity contribution in [2.75, 3.05) is 19.5 Å². The van der Waals surface area contributed by atoms with Crippen molar-refractivity contribution in [3.63, 3.8) is 0 Å². The summed E-state index contributed by atoms with van der Waals surface area (Å²) in [5.41, 5.74) is 0.892. The van der Waals surface area contributed by atoms with Crippen molar-refractivity contribution in [2.24, 2.45) is 0 Å². The highest BCUT2D eigenvalue weighted by molar-refractivity contribution is 9.10. The lowest BCUT2D eigenvalue weighted by Gasteiger charge is -2.13. The van der Waals surface area contributed by atoms with E-state index >= 15 is 0 Å². The van der Waals surface area contributed by atoms with Crippen molar-refractivity contribution < 1.29 is 19.2 Å². The maximum atomic E-state index is 11.4. The van der Waals surface area contributed by atoms with Crippen molar-refractivity contribution in [1.82, 2.24) is 0 Å². The SMILES string of the molecule is COc1cc(Nc2ccc(C(C)=O)cc2[N+](=O)[O-])cc(OC)c1Br. The molecule has 0 spiro atoms. The number of ketones is 1. The smallest absolute Gasteiger partial charge is 0.293 e. The second-order valence-corrected chi connectivity index (χ2v) is 5.66. The maximum Gasteiger partial charge on any atom is 0.293 e. The van der Waals surface area contributed by atoms with Crippen LogP contribution < -0.4 is 14.8 Å². The molecule has 0 unspecified atom stereocenters. The molecular weight excluding hydrogens is 380 g/mol. The number of benzene rings is 2. The zero-order valence-electron chi connectivity index (χ0n) is 13.3. The largest absolute Gasteiger partial charge is 0.495 e. The van der Waals surface area contributed by atoms with Crippen LogP contribution >= 0.6 is 15.9 Å². The Labute approximate surface area is 146 Å². The molecule has 0 aromatic heterocycles. The Morgan fingerprint density at radius 2 is 1.75 bits per heavy atom. The number of anilines is 2. The van der Waals surface area contributed by atoms with Gasteiger partial charge in [0, 0.05) is 29.4 Å². The standard InChI is InChI=1S/C16H15BrN2O5/c1-9(20)10-4-5-12(13(6-10)19(21)22)18-11-7-14(23-2)16(17)15(8-11)24-3/h4-8,18H,1-3H3. The third-order valence-corrected chi connectivity index (χ3v) is 4.11. The summed E-state index contributed by atoms with van der Waals surface area (Å²) in [7, 11) is 3.01. The van der Waals surface area contributed by atoms with E-state index in [-0.39, 0.29) is 22.7 Å². The van der Waals surface area contributed by atoms with Gasteiger partial charge < -0.3 is 14.8 Å². The number of hydrogen-bond donors (Lipinski definition) is 1. The van der Waals surface area contributed by atoms with Gasteiger partial charge in [0.2, 0.25) is 0 Å². The Bertz CT molecular complexity index is 782. The fraction of sp³-hybridized carbons (Fsp3) is 0.188. The molecule has 2 rings (SSSR count). The van der Waals surface area contributed by atoms with Crippen LogP contribution in [0.5, 0.6) is 11.5 Å². The van der Waals surface area contributed by atoms with E-state index in [4.69, 9.17) is 9.47 Å². The fourth-order valence-electron chi connectivity index (χ4n) is 2.10. The van der Waals surface area contributed by atoms with E-state index < -0.39 is 4.92 Å². The highest BCUT2D eigenvalue weighted by Crippen LogP contribution is 2.39. The summed E-state index contributed by atoms with van der Waals surface area (Å²) in [5.74, 6) is 0.788. The van der Waals surface area contributed by atoms with E-state index in [1.165, 1.54) is 39.3 Å². The number of nitrogens with zero attached hydrogens (tertiary/aromatic N) is 1. The Morgan fingerprint density at radius 3 is 2.21 bits per heavy atom. The third kappa shape index (κ3) is 3.65. The molecule has 0 aliphatic rings. The van der Waals surface area contributed by atoms with Crippen LogP contribution in [0, 0.1) is 10.1 Å². The van der Waals surface area contributed by atoms with Gasteiger partial charge in [0.1, 0.15) is 21.7 Å². The molecule has 0 aliphatic heterocycles. The molecule has 0 radical (unpaired) electrons. The second kappa shape index (κ2) is 7.31. The van der Waals surface area contributed by atoms with Gasteiger partial charge in [0.15, 0.2) is 5.78 Å². The average Bonchev–Trinajstić information content (AvgIpc) is 2.56. The van der Waals surface area contributed by atoms with Gasteiger partial charge in [-0.15, -0.1) is 0 Å². The quantitative estimate of drug-likeness (QED) is 0.445. The van der Waals surface area contributed by atoms with Crippen LogP contribution in [-0.2, 0) is 0 Å². The summed E-state index contributed by atoms with van der Waals surface area (Å²) >= 11 is 3.36. The minimum atomic E-state index is -0.540. The molecule has 0 heterocycles. The number of carbonyl (C=O) groups is 1. The molecule has 0 fully saturated rings. The normalized spacial score (nSPS) is 10.2.